The molecule has 1 aromatic carbocycles. The Kier molecular flexibility index (Phi) is 2.49. The van der Waals surface area contributed by atoms with Crippen molar-refractivity contribution in [1.82, 2.24) is 20.0 Å². The van der Waals surface area contributed by atoms with Crippen molar-refractivity contribution in [3.63, 3.8) is 0 Å². The van der Waals surface area contributed by atoms with Gasteiger partial charge >= 0.3 is 0 Å². The molecule has 3 aromatic rings. The van der Waals surface area contributed by atoms with Crippen molar-refractivity contribution >= 4 is 22.4 Å². The fourth-order valence-corrected chi connectivity index (χ4v) is 2.02. The van der Waals surface area contributed by atoms with Crippen LogP contribution < -0.4 is 0 Å². The van der Waals surface area contributed by atoms with Gasteiger partial charge in [-0.15, -0.1) is 16.7 Å². The zero-order valence-electron chi connectivity index (χ0n) is 8.92. The number of pyridine rings is 1. The molecule has 0 atom stereocenters. The third-order valence-electron chi connectivity index (χ3n) is 2.64. The first-order valence-electron chi connectivity index (χ1n) is 5.19. The van der Waals surface area contributed by atoms with Crippen molar-refractivity contribution in [1.29, 1.82) is 0 Å². The van der Waals surface area contributed by atoms with E-state index in [-0.39, 0.29) is 0 Å². The highest BCUT2D eigenvalue weighted by molar-refractivity contribution is 6.16. The lowest BCUT2D eigenvalue weighted by molar-refractivity contribution is 0.786. The van der Waals surface area contributed by atoms with Crippen molar-refractivity contribution in [3.8, 4) is 5.69 Å². The predicted molar refractivity (Wildman–Crippen MR) is 66.2 cm³/mol. The van der Waals surface area contributed by atoms with Crippen LogP contribution in [0.5, 0.6) is 0 Å². The minimum absolute atomic E-state index is 0.383. The van der Waals surface area contributed by atoms with Gasteiger partial charge in [-0.3, -0.25) is 4.98 Å². The minimum atomic E-state index is 0.383. The molecule has 0 aliphatic heterocycles. The van der Waals surface area contributed by atoms with Crippen LogP contribution in [-0.4, -0.2) is 20.0 Å². The minimum Gasteiger partial charge on any atom is -0.264 e. The van der Waals surface area contributed by atoms with Crippen molar-refractivity contribution in [2.24, 2.45) is 0 Å². The van der Waals surface area contributed by atoms with E-state index < -0.39 is 0 Å². The van der Waals surface area contributed by atoms with Crippen LogP contribution in [0.15, 0.2) is 42.9 Å². The average Bonchev–Trinajstić information content (AvgIpc) is 2.86. The molecule has 0 aliphatic rings. The fourth-order valence-electron chi connectivity index (χ4n) is 1.84. The molecule has 0 bridgehead atoms. The number of halogens is 1. The summed E-state index contributed by atoms with van der Waals surface area (Å²) in [4.78, 5) is 4.11. The van der Waals surface area contributed by atoms with E-state index in [1.54, 1.807) is 17.1 Å². The fraction of sp³-hybridized carbons (Fsp3) is 0.0833. The second-order valence-corrected chi connectivity index (χ2v) is 3.91. The molecule has 0 N–H and O–H groups in total. The quantitative estimate of drug-likeness (QED) is 0.651. The maximum Gasteiger partial charge on any atom is 0.0793 e. The Labute approximate surface area is 103 Å². The Morgan fingerprint density at radius 1 is 1.18 bits per heavy atom. The van der Waals surface area contributed by atoms with Crippen molar-refractivity contribution in [3.05, 3.63) is 48.5 Å². The number of rotatable bonds is 2. The van der Waals surface area contributed by atoms with Gasteiger partial charge in [0.15, 0.2) is 0 Å². The Balaban J connectivity index is 2.31. The molecule has 2 heterocycles. The molecule has 0 unspecified atom stereocenters. The van der Waals surface area contributed by atoms with Gasteiger partial charge in [-0.05, 0) is 12.1 Å². The molecule has 0 radical (unpaired) electrons. The molecule has 0 spiro atoms. The summed E-state index contributed by atoms with van der Waals surface area (Å²) in [6.07, 6.45) is 5.27. The zero-order chi connectivity index (χ0) is 11.7. The van der Waals surface area contributed by atoms with E-state index in [2.05, 4.69) is 15.3 Å². The van der Waals surface area contributed by atoms with Gasteiger partial charge in [0.2, 0.25) is 0 Å². The molecule has 3 rings (SSSR count). The van der Waals surface area contributed by atoms with E-state index in [1.807, 2.05) is 30.5 Å². The van der Waals surface area contributed by atoms with Crippen molar-refractivity contribution < 1.29 is 0 Å². The number of alkyl halides is 1. The summed E-state index contributed by atoms with van der Waals surface area (Å²) in [6, 6.07) is 7.94. The van der Waals surface area contributed by atoms with Gasteiger partial charge in [-0.25, -0.2) is 4.68 Å². The highest BCUT2D eigenvalue weighted by Gasteiger charge is 2.08. The third kappa shape index (κ3) is 1.66. The highest BCUT2D eigenvalue weighted by atomic mass is 35.5. The van der Waals surface area contributed by atoms with E-state index >= 15 is 0 Å². The van der Waals surface area contributed by atoms with E-state index in [0.29, 0.717) is 5.88 Å². The van der Waals surface area contributed by atoms with Crippen molar-refractivity contribution in [2.75, 3.05) is 0 Å². The summed E-state index contributed by atoms with van der Waals surface area (Å²) in [5.41, 5.74) is 1.84. The Bertz CT molecular complexity index is 657. The number of hydrogen-bond acceptors (Lipinski definition) is 3. The summed E-state index contributed by atoms with van der Waals surface area (Å²) in [6.45, 7) is 0. The highest BCUT2D eigenvalue weighted by Crippen LogP contribution is 2.21. The van der Waals surface area contributed by atoms with Gasteiger partial charge in [-0.2, -0.15) is 0 Å². The molecule has 2 aromatic heterocycles. The lowest BCUT2D eigenvalue weighted by Gasteiger charge is -2.07. The average molecular weight is 245 g/mol. The van der Waals surface area contributed by atoms with Crippen LogP contribution >= 0.6 is 11.6 Å². The van der Waals surface area contributed by atoms with Gasteiger partial charge in [0.25, 0.3) is 0 Å². The first kappa shape index (κ1) is 10.2. The lowest BCUT2D eigenvalue weighted by atomic mass is 10.1. The van der Waals surface area contributed by atoms with Crippen LogP contribution in [0.4, 0.5) is 0 Å². The van der Waals surface area contributed by atoms with Crippen LogP contribution in [-0.2, 0) is 5.88 Å². The maximum absolute atomic E-state index is 5.86. The van der Waals surface area contributed by atoms with Gasteiger partial charge < -0.3 is 0 Å². The molecule has 0 amide bonds. The van der Waals surface area contributed by atoms with Crippen LogP contribution in [0, 0.1) is 0 Å². The predicted octanol–water partition coefficient (Wildman–Crippen LogP) is 2.55. The molecule has 4 nitrogen and oxygen atoms in total. The largest absolute Gasteiger partial charge is 0.264 e. The standard InChI is InChI=1S/C12H9ClN4/c13-6-10-8-15-16-17(10)12-3-1-2-9-7-14-5-4-11(9)12/h1-5,7-8H,6H2. The molecule has 5 heteroatoms. The molecule has 0 aliphatic carbocycles. The van der Waals surface area contributed by atoms with E-state index in [1.165, 1.54) is 0 Å². The Hall–Kier alpha value is -1.94. The van der Waals surface area contributed by atoms with E-state index in [9.17, 15) is 0 Å². The summed E-state index contributed by atoms with van der Waals surface area (Å²) < 4.78 is 1.76. The first-order chi connectivity index (χ1) is 8.40. The van der Waals surface area contributed by atoms with E-state index in [0.717, 1.165) is 22.2 Å². The van der Waals surface area contributed by atoms with Gasteiger partial charge in [0.05, 0.1) is 23.5 Å². The summed E-state index contributed by atoms with van der Waals surface area (Å²) >= 11 is 5.86. The molecular weight excluding hydrogens is 236 g/mol. The summed E-state index contributed by atoms with van der Waals surface area (Å²) in [5.74, 6) is 0.383. The number of fused-ring (bicyclic) bond motifs is 1. The molecule has 0 saturated heterocycles. The third-order valence-corrected chi connectivity index (χ3v) is 2.92. The lowest BCUT2D eigenvalue weighted by Crippen LogP contribution is -2.01. The van der Waals surface area contributed by atoms with Gasteiger partial charge in [0.1, 0.15) is 0 Å². The van der Waals surface area contributed by atoms with Crippen LogP contribution in [0.25, 0.3) is 16.5 Å². The van der Waals surface area contributed by atoms with E-state index in [4.69, 9.17) is 11.6 Å². The molecule has 0 fully saturated rings. The number of aromatic nitrogens is 4. The Morgan fingerprint density at radius 3 is 3.00 bits per heavy atom. The zero-order valence-corrected chi connectivity index (χ0v) is 9.67. The molecule has 0 saturated carbocycles. The number of benzene rings is 1. The molecule has 17 heavy (non-hydrogen) atoms. The number of nitrogens with zero attached hydrogens (tertiary/aromatic N) is 4. The second kappa shape index (κ2) is 4.14. The smallest absolute Gasteiger partial charge is 0.0793 e. The summed E-state index contributed by atoms with van der Waals surface area (Å²) in [5, 5.41) is 10.1. The van der Waals surface area contributed by atoms with Crippen LogP contribution in [0.2, 0.25) is 0 Å². The van der Waals surface area contributed by atoms with Gasteiger partial charge in [0, 0.05) is 23.2 Å². The van der Waals surface area contributed by atoms with Gasteiger partial charge in [-0.1, -0.05) is 17.3 Å². The Morgan fingerprint density at radius 2 is 2.12 bits per heavy atom. The topological polar surface area (TPSA) is 43.6 Å². The SMILES string of the molecule is ClCc1cnnn1-c1cccc2cnccc12. The van der Waals surface area contributed by atoms with Crippen molar-refractivity contribution in [2.45, 2.75) is 5.88 Å². The maximum atomic E-state index is 5.86. The normalized spacial score (nSPS) is 10.9. The number of hydrogen-bond donors (Lipinski definition) is 0. The van der Waals surface area contributed by atoms with Crippen LogP contribution in [0.1, 0.15) is 5.69 Å². The molecule has 84 valence electrons. The van der Waals surface area contributed by atoms with Crippen LogP contribution in [0.3, 0.4) is 0 Å². The summed E-state index contributed by atoms with van der Waals surface area (Å²) in [7, 11) is 0. The second-order valence-electron chi connectivity index (χ2n) is 3.64. The molecular formula is C12H9ClN4. The first-order valence-corrected chi connectivity index (χ1v) is 5.72. The monoisotopic (exact) mass is 244 g/mol.